The van der Waals surface area contributed by atoms with Crippen molar-refractivity contribution in [1.82, 2.24) is 0 Å². The zero-order chi connectivity index (χ0) is 13.5. The van der Waals surface area contributed by atoms with Crippen molar-refractivity contribution >= 4 is 5.69 Å². The van der Waals surface area contributed by atoms with Crippen LogP contribution < -0.4 is 9.80 Å². The summed E-state index contributed by atoms with van der Waals surface area (Å²) in [5.41, 5.74) is 2.85. The smallest absolute Gasteiger partial charge is 0.103 e. The maximum Gasteiger partial charge on any atom is 0.103 e. The minimum atomic E-state index is 1.09. The van der Waals surface area contributed by atoms with Crippen molar-refractivity contribution in [2.45, 2.75) is 46.1 Å². The second kappa shape index (κ2) is 7.54. The van der Waals surface area contributed by atoms with Gasteiger partial charge in [-0.15, -0.1) is 0 Å². The van der Waals surface area contributed by atoms with Gasteiger partial charge in [-0.05, 0) is 51.7 Å². The van der Waals surface area contributed by atoms with E-state index in [1.165, 1.54) is 56.6 Å². The summed E-state index contributed by atoms with van der Waals surface area (Å²) in [5, 5.41) is 0. The Balaban J connectivity index is 1.94. The maximum absolute atomic E-state index is 2.41. The van der Waals surface area contributed by atoms with E-state index in [0.29, 0.717) is 0 Å². The Bertz CT molecular complexity index is 346. The predicted octanol–water partition coefficient (Wildman–Crippen LogP) is 2.49. The first-order valence-electron chi connectivity index (χ1n) is 8.01. The first-order chi connectivity index (χ1) is 9.33. The Kier molecular flexibility index (Phi) is 5.71. The normalized spacial score (nSPS) is 17.2. The number of hydrogen-bond acceptors (Lipinski definition) is 1. The molecule has 0 saturated carbocycles. The number of rotatable bonds is 5. The summed E-state index contributed by atoms with van der Waals surface area (Å²) in [6.45, 7) is 10.5. The summed E-state index contributed by atoms with van der Waals surface area (Å²) >= 11 is 0. The van der Waals surface area contributed by atoms with Gasteiger partial charge < -0.3 is 9.80 Å². The molecule has 0 spiro atoms. The van der Waals surface area contributed by atoms with E-state index in [1.807, 2.05) is 0 Å². The van der Waals surface area contributed by atoms with Gasteiger partial charge in [0.2, 0.25) is 0 Å². The molecule has 1 aliphatic heterocycles. The van der Waals surface area contributed by atoms with E-state index in [4.69, 9.17) is 0 Å². The monoisotopic (exact) mass is 261 g/mol. The highest BCUT2D eigenvalue weighted by molar-refractivity contribution is 5.47. The summed E-state index contributed by atoms with van der Waals surface area (Å²) in [4.78, 5) is 4.18. The zero-order valence-corrected chi connectivity index (χ0v) is 12.6. The first-order valence-corrected chi connectivity index (χ1v) is 8.01. The van der Waals surface area contributed by atoms with Gasteiger partial charge in [0.25, 0.3) is 0 Å². The Morgan fingerprint density at radius 2 is 1.47 bits per heavy atom. The molecule has 19 heavy (non-hydrogen) atoms. The van der Waals surface area contributed by atoms with Gasteiger partial charge in [0.15, 0.2) is 0 Å². The van der Waals surface area contributed by atoms with Crippen LogP contribution in [0.4, 0.5) is 5.69 Å². The van der Waals surface area contributed by atoms with Crippen molar-refractivity contribution in [1.29, 1.82) is 0 Å². The quantitative estimate of drug-likeness (QED) is 0.856. The van der Waals surface area contributed by atoms with Crippen molar-refractivity contribution in [3.8, 4) is 0 Å². The fourth-order valence-corrected chi connectivity index (χ4v) is 3.11. The van der Waals surface area contributed by atoms with Crippen molar-refractivity contribution in [2.24, 2.45) is 0 Å². The van der Waals surface area contributed by atoms with E-state index in [9.17, 15) is 0 Å². The van der Waals surface area contributed by atoms with E-state index in [0.717, 1.165) is 13.1 Å². The lowest BCUT2D eigenvalue weighted by Crippen LogP contribution is -3.10. The number of benzene rings is 1. The zero-order valence-electron chi connectivity index (χ0n) is 12.6. The molecule has 0 bridgehead atoms. The highest BCUT2D eigenvalue weighted by atomic mass is 15.1. The summed E-state index contributed by atoms with van der Waals surface area (Å²) in [5.74, 6) is 0. The summed E-state index contributed by atoms with van der Waals surface area (Å²) in [7, 11) is 0. The number of anilines is 1. The fraction of sp³-hybridized carbons (Fsp3) is 0.647. The Labute approximate surface area is 118 Å². The summed E-state index contributed by atoms with van der Waals surface area (Å²) in [6, 6.07) is 9.23. The predicted molar refractivity (Wildman–Crippen MR) is 82.9 cm³/mol. The van der Waals surface area contributed by atoms with Crippen LogP contribution in [0.2, 0.25) is 0 Å². The molecule has 0 aliphatic carbocycles. The lowest BCUT2D eigenvalue weighted by atomic mass is 10.1. The highest BCUT2D eigenvalue weighted by Crippen LogP contribution is 2.14. The van der Waals surface area contributed by atoms with Crippen molar-refractivity contribution < 1.29 is 4.90 Å². The molecule has 0 unspecified atom stereocenters. The molecule has 0 aromatic heterocycles. The van der Waals surface area contributed by atoms with Crippen LogP contribution in [0.25, 0.3) is 0 Å². The second-order valence-electron chi connectivity index (χ2n) is 5.68. The SMILES string of the molecule is CCN(CC)c1ccc(C[NH+]2CCCCCC2)cc1. The molecule has 2 heteroatoms. The topological polar surface area (TPSA) is 7.68 Å². The third-order valence-corrected chi connectivity index (χ3v) is 4.33. The first kappa shape index (κ1) is 14.4. The third-order valence-electron chi connectivity index (χ3n) is 4.33. The van der Waals surface area contributed by atoms with E-state index in [2.05, 4.69) is 43.0 Å². The molecule has 1 fully saturated rings. The molecule has 1 aromatic carbocycles. The highest BCUT2D eigenvalue weighted by Gasteiger charge is 2.12. The molecule has 1 aliphatic rings. The van der Waals surface area contributed by atoms with Gasteiger partial charge in [-0.2, -0.15) is 0 Å². The lowest BCUT2D eigenvalue weighted by Gasteiger charge is -2.22. The molecule has 0 radical (unpaired) electrons. The van der Waals surface area contributed by atoms with Crippen molar-refractivity contribution in [2.75, 3.05) is 31.1 Å². The second-order valence-corrected chi connectivity index (χ2v) is 5.68. The molecule has 0 amide bonds. The van der Waals surface area contributed by atoms with Gasteiger partial charge in [-0.3, -0.25) is 0 Å². The average Bonchev–Trinajstić information content (AvgIpc) is 2.71. The molecule has 1 saturated heterocycles. The molecule has 106 valence electrons. The standard InChI is InChI=1S/C17H28N2/c1-3-19(4-2)17-11-9-16(10-12-17)15-18-13-7-5-6-8-14-18/h9-12H,3-8,13-15H2,1-2H3/p+1. The minimum absolute atomic E-state index is 1.09. The number of nitrogens with one attached hydrogen (secondary N) is 1. The number of hydrogen-bond donors (Lipinski definition) is 1. The molecule has 2 rings (SSSR count). The average molecular weight is 261 g/mol. The molecule has 1 aromatic rings. The molecule has 1 N–H and O–H groups in total. The van der Waals surface area contributed by atoms with E-state index >= 15 is 0 Å². The van der Waals surface area contributed by atoms with Crippen molar-refractivity contribution in [3.05, 3.63) is 29.8 Å². The van der Waals surface area contributed by atoms with Crippen LogP contribution in [-0.4, -0.2) is 26.2 Å². The molecular formula is C17H29N2+. The van der Waals surface area contributed by atoms with Crippen LogP contribution in [0.3, 0.4) is 0 Å². The Hall–Kier alpha value is -1.02. The van der Waals surface area contributed by atoms with Crippen LogP contribution in [-0.2, 0) is 6.54 Å². The fourth-order valence-electron chi connectivity index (χ4n) is 3.11. The molecular weight excluding hydrogens is 232 g/mol. The van der Waals surface area contributed by atoms with Gasteiger partial charge in [0.1, 0.15) is 6.54 Å². The van der Waals surface area contributed by atoms with Gasteiger partial charge in [0.05, 0.1) is 13.1 Å². The number of nitrogens with zero attached hydrogens (tertiary/aromatic N) is 1. The third kappa shape index (κ3) is 4.24. The molecule has 1 heterocycles. The molecule has 0 atom stereocenters. The van der Waals surface area contributed by atoms with E-state index in [-0.39, 0.29) is 0 Å². The van der Waals surface area contributed by atoms with Crippen LogP contribution in [0.5, 0.6) is 0 Å². The van der Waals surface area contributed by atoms with Gasteiger partial charge in [0, 0.05) is 24.3 Å². The van der Waals surface area contributed by atoms with Gasteiger partial charge in [-0.25, -0.2) is 0 Å². The van der Waals surface area contributed by atoms with Crippen LogP contribution in [0, 0.1) is 0 Å². The minimum Gasteiger partial charge on any atom is -0.372 e. The van der Waals surface area contributed by atoms with Crippen molar-refractivity contribution in [3.63, 3.8) is 0 Å². The van der Waals surface area contributed by atoms with E-state index < -0.39 is 0 Å². The van der Waals surface area contributed by atoms with Gasteiger partial charge in [-0.1, -0.05) is 12.1 Å². The Morgan fingerprint density at radius 3 is 2.00 bits per heavy atom. The van der Waals surface area contributed by atoms with Crippen LogP contribution in [0.1, 0.15) is 45.1 Å². The Morgan fingerprint density at radius 1 is 0.895 bits per heavy atom. The summed E-state index contributed by atoms with van der Waals surface area (Å²) < 4.78 is 0. The van der Waals surface area contributed by atoms with Gasteiger partial charge >= 0.3 is 0 Å². The molecule has 2 nitrogen and oxygen atoms in total. The van der Waals surface area contributed by atoms with Crippen LogP contribution in [0.15, 0.2) is 24.3 Å². The van der Waals surface area contributed by atoms with Crippen LogP contribution >= 0.6 is 0 Å². The lowest BCUT2D eigenvalue weighted by molar-refractivity contribution is -0.913. The van der Waals surface area contributed by atoms with E-state index in [1.54, 1.807) is 4.90 Å². The largest absolute Gasteiger partial charge is 0.372 e. The summed E-state index contributed by atoms with van der Waals surface area (Å²) in [6.07, 6.45) is 5.69. The number of likely N-dealkylation sites (tertiary alicyclic amines) is 1. The number of quaternary nitrogens is 1. The maximum atomic E-state index is 2.41.